The number of nitrogens with one attached hydrogen (secondary N) is 4. The topological polar surface area (TPSA) is 165 Å². The van der Waals surface area contributed by atoms with Crippen molar-refractivity contribution in [2.75, 3.05) is 25.0 Å². The molecule has 37 heavy (non-hydrogen) atoms. The number of anilines is 1. The number of hydrogen-bond acceptors (Lipinski definition) is 8. The summed E-state index contributed by atoms with van der Waals surface area (Å²) < 4.78 is 13.2. The van der Waals surface area contributed by atoms with Crippen LogP contribution in [0.25, 0.3) is 0 Å². The Balaban J connectivity index is 1.64. The first-order chi connectivity index (χ1) is 17.4. The molecule has 6 N–H and O–H groups in total. The van der Waals surface area contributed by atoms with Crippen molar-refractivity contribution in [3.8, 4) is 0 Å². The number of rotatable bonds is 9. The van der Waals surface area contributed by atoms with Crippen LogP contribution in [0.5, 0.6) is 0 Å². The molecule has 2 aromatic rings. The summed E-state index contributed by atoms with van der Waals surface area (Å²) in [5.41, 5.74) is 0.203. The number of hydrogen-bond donors (Lipinski definition) is 6. The summed E-state index contributed by atoms with van der Waals surface area (Å²) in [5.74, 6) is -2.02. The van der Waals surface area contributed by atoms with Crippen molar-refractivity contribution in [3.63, 3.8) is 0 Å². The van der Waals surface area contributed by atoms with Crippen LogP contribution >= 0.6 is 11.6 Å². The van der Waals surface area contributed by atoms with Gasteiger partial charge in [-0.2, -0.15) is 0 Å². The number of benzene rings is 1. The Hall–Kier alpha value is -3.77. The molecule has 1 aliphatic rings. The smallest absolute Gasteiger partial charge is 0.305 e. The van der Waals surface area contributed by atoms with Crippen LogP contribution in [0.2, 0.25) is 5.02 Å². The Kier molecular flexibility index (Phi) is 9.00. The van der Waals surface area contributed by atoms with Crippen molar-refractivity contribution in [1.29, 1.82) is 0 Å². The van der Waals surface area contributed by atoms with Gasteiger partial charge >= 0.3 is 5.97 Å². The largest absolute Gasteiger partial charge is 0.481 e. The number of carbonyl (C=O) groups is 3. The molecule has 0 saturated carbocycles. The highest BCUT2D eigenvalue weighted by Gasteiger charge is 2.23. The first-order valence-corrected chi connectivity index (χ1v) is 11.8. The van der Waals surface area contributed by atoms with E-state index in [2.05, 4.69) is 31.2 Å². The summed E-state index contributed by atoms with van der Waals surface area (Å²) in [6.45, 7) is 2.82. The first kappa shape index (κ1) is 27.8. The monoisotopic (exact) mass is 534 g/mol. The minimum atomic E-state index is -1.24. The number of carboxylic acid groups (broad SMARTS) is 1. The zero-order valence-corrected chi connectivity index (χ0v) is 21.0. The molecule has 11 nitrogen and oxygen atoms in total. The lowest BCUT2D eigenvalue weighted by Crippen LogP contribution is -2.41. The number of carbonyl (C=O) groups excluding carboxylic acids is 2. The molecule has 2 unspecified atom stereocenters. The molecule has 2 atom stereocenters. The van der Waals surface area contributed by atoms with Gasteiger partial charge in [-0.25, -0.2) is 9.38 Å². The van der Waals surface area contributed by atoms with Crippen LogP contribution in [-0.2, 0) is 15.2 Å². The second-order valence-electron chi connectivity index (χ2n) is 8.99. The highest BCUT2D eigenvalue weighted by atomic mass is 35.5. The van der Waals surface area contributed by atoms with Crippen LogP contribution < -0.4 is 21.3 Å². The second-order valence-corrected chi connectivity index (χ2v) is 9.42. The third-order valence-electron chi connectivity index (χ3n) is 5.35. The third-order valence-corrected chi connectivity index (χ3v) is 5.57. The van der Waals surface area contributed by atoms with E-state index in [9.17, 15) is 29.0 Å². The molecule has 198 valence electrons. The number of halogens is 2. The van der Waals surface area contributed by atoms with Crippen molar-refractivity contribution in [2.45, 2.75) is 38.1 Å². The van der Waals surface area contributed by atoms with E-state index < -0.39 is 48.6 Å². The Bertz CT molecular complexity index is 1200. The van der Waals surface area contributed by atoms with Crippen molar-refractivity contribution in [3.05, 3.63) is 58.4 Å². The van der Waals surface area contributed by atoms with Gasteiger partial charge in [0.15, 0.2) is 5.96 Å². The number of nitrogens with zero attached hydrogens (tertiary/aromatic N) is 2. The number of alkyl halides is 1. The SMILES string of the molecule is CC(C)(O)c1cc(Cl)cc(C(CC(=O)O)NC(=O)CNC(=O)c2cncc(NC3=NCC(F)CN3)c2)c1. The maximum absolute atomic E-state index is 13.2. The Morgan fingerprint density at radius 3 is 2.65 bits per heavy atom. The molecule has 0 bridgehead atoms. The first-order valence-electron chi connectivity index (χ1n) is 11.4. The number of aliphatic carboxylic acids is 1. The van der Waals surface area contributed by atoms with E-state index in [0.29, 0.717) is 22.8 Å². The Morgan fingerprint density at radius 2 is 2.00 bits per heavy atom. The van der Waals surface area contributed by atoms with Crippen LogP contribution in [0.4, 0.5) is 10.1 Å². The van der Waals surface area contributed by atoms with E-state index in [1.54, 1.807) is 26.0 Å². The van der Waals surface area contributed by atoms with E-state index in [1.165, 1.54) is 24.5 Å². The zero-order chi connectivity index (χ0) is 27.2. The van der Waals surface area contributed by atoms with Crippen molar-refractivity contribution >= 4 is 41.0 Å². The molecule has 1 aromatic carbocycles. The number of carboxylic acids is 1. The quantitative estimate of drug-likeness (QED) is 0.283. The van der Waals surface area contributed by atoms with Gasteiger partial charge in [-0.05, 0) is 43.2 Å². The lowest BCUT2D eigenvalue weighted by Gasteiger charge is -2.23. The van der Waals surface area contributed by atoms with Crippen LogP contribution in [-0.4, -0.2) is 64.7 Å². The standard InChI is InChI=1S/C24H28ClFN6O5/c1-24(2,37)15-3-13(4-16(25)6-15)19(7-21(34)35)32-20(33)12-28-22(36)14-5-18(11-27-8-14)31-23-29-9-17(26)10-30-23/h3-6,8,11,17,19,37H,7,9-10,12H2,1-2H3,(H,28,36)(H,32,33)(H,34,35)(H2,29,30,31). The van der Waals surface area contributed by atoms with E-state index in [1.807, 2.05) is 0 Å². The predicted octanol–water partition coefficient (Wildman–Crippen LogP) is 1.73. The molecule has 1 aromatic heterocycles. The van der Waals surface area contributed by atoms with Gasteiger partial charge in [0.05, 0.1) is 55.1 Å². The highest BCUT2D eigenvalue weighted by Crippen LogP contribution is 2.28. The van der Waals surface area contributed by atoms with Crippen LogP contribution in [0.1, 0.15) is 47.8 Å². The molecule has 0 fully saturated rings. The Morgan fingerprint density at radius 1 is 1.24 bits per heavy atom. The van der Waals surface area contributed by atoms with Gasteiger partial charge in [0.1, 0.15) is 6.17 Å². The summed E-state index contributed by atoms with van der Waals surface area (Å²) in [7, 11) is 0. The summed E-state index contributed by atoms with van der Waals surface area (Å²) in [6, 6.07) is 5.16. The normalized spacial score (nSPS) is 16.1. The molecule has 0 spiro atoms. The molecule has 13 heteroatoms. The van der Waals surface area contributed by atoms with Gasteiger partial charge in [0.25, 0.3) is 5.91 Å². The van der Waals surface area contributed by atoms with Crippen LogP contribution in [0, 0.1) is 0 Å². The molecule has 1 aliphatic heterocycles. The average molecular weight is 535 g/mol. The van der Waals surface area contributed by atoms with Gasteiger partial charge < -0.3 is 31.5 Å². The number of guanidine groups is 1. The molecule has 0 saturated heterocycles. The van der Waals surface area contributed by atoms with E-state index in [-0.39, 0.29) is 23.7 Å². The van der Waals surface area contributed by atoms with E-state index >= 15 is 0 Å². The van der Waals surface area contributed by atoms with Gasteiger partial charge in [0, 0.05) is 11.2 Å². The average Bonchev–Trinajstić information content (AvgIpc) is 2.82. The maximum atomic E-state index is 13.2. The van der Waals surface area contributed by atoms with Gasteiger partial charge in [-0.1, -0.05) is 17.7 Å². The second kappa shape index (κ2) is 12.0. The Labute approximate surface area is 217 Å². The van der Waals surface area contributed by atoms with Crippen LogP contribution in [0.3, 0.4) is 0 Å². The molecule has 2 amide bonds. The summed E-state index contributed by atoms with van der Waals surface area (Å²) in [6.07, 6.45) is 1.26. The summed E-state index contributed by atoms with van der Waals surface area (Å²) in [5, 5.41) is 30.7. The number of amides is 2. The van der Waals surface area contributed by atoms with Gasteiger partial charge in [-0.3, -0.25) is 19.4 Å². The fourth-order valence-corrected chi connectivity index (χ4v) is 3.72. The molecular formula is C24H28ClFN6O5. The maximum Gasteiger partial charge on any atom is 0.305 e. The summed E-state index contributed by atoms with van der Waals surface area (Å²) >= 11 is 6.16. The highest BCUT2D eigenvalue weighted by molar-refractivity contribution is 6.30. The van der Waals surface area contributed by atoms with Crippen molar-refractivity contribution in [2.24, 2.45) is 4.99 Å². The van der Waals surface area contributed by atoms with Crippen molar-refractivity contribution < 1.29 is 29.0 Å². The fourth-order valence-electron chi connectivity index (χ4n) is 3.47. The molecule has 0 radical (unpaired) electrons. The number of aromatic nitrogens is 1. The molecule has 3 rings (SSSR count). The van der Waals surface area contributed by atoms with E-state index in [4.69, 9.17) is 11.6 Å². The third kappa shape index (κ3) is 8.40. The summed E-state index contributed by atoms with van der Waals surface area (Å²) in [4.78, 5) is 44.6. The van der Waals surface area contributed by atoms with Gasteiger partial charge in [-0.15, -0.1) is 0 Å². The fraction of sp³-hybridized carbons (Fsp3) is 0.375. The lowest BCUT2D eigenvalue weighted by molar-refractivity contribution is -0.137. The lowest BCUT2D eigenvalue weighted by atomic mass is 9.93. The minimum absolute atomic E-state index is 0.0230. The number of aliphatic hydroxyl groups is 1. The van der Waals surface area contributed by atoms with Gasteiger partial charge in [0.2, 0.25) is 5.91 Å². The van der Waals surface area contributed by atoms with Crippen molar-refractivity contribution in [1.82, 2.24) is 20.9 Å². The number of aliphatic imine (C=N–C) groups is 1. The molecular weight excluding hydrogens is 507 g/mol. The number of pyridine rings is 1. The van der Waals surface area contributed by atoms with E-state index in [0.717, 1.165) is 0 Å². The zero-order valence-electron chi connectivity index (χ0n) is 20.2. The molecule has 2 heterocycles. The minimum Gasteiger partial charge on any atom is -0.481 e. The van der Waals surface area contributed by atoms with Crippen LogP contribution in [0.15, 0.2) is 41.7 Å². The molecule has 0 aliphatic carbocycles. The predicted molar refractivity (Wildman–Crippen MR) is 135 cm³/mol.